The van der Waals surface area contributed by atoms with Crippen LogP contribution in [0.3, 0.4) is 0 Å². The molecule has 0 fully saturated rings. The molecule has 1 aromatic carbocycles. The normalized spacial score (nSPS) is 9.94. The van der Waals surface area contributed by atoms with E-state index in [0.29, 0.717) is 0 Å². The Balaban J connectivity index is 3.10. The lowest BCUT2D eigenvalue weighted by atomic mass is 10.2. The van der Waals surface area contributed by atoms with Crippen LogP contribution in [0.5, 0.6) is 5.75 Å². The van der Waals surface area contributed by atoms with Crippen LogP contribution in [0.2, 0.25) is 0 Å². The molecule has 0 saturated heterocycles. The highest BCUT2D eigenvalue weighted by Gasteiger charge is 2.18. The number of ether oxygens (including phenoxy) is 1. The van der Waals surface area contributed by atoms with Crippen molar-refractivity contribution < 1.29 is 19.2 Å². The molecule has 0 aliphatic carbocycles. The summed E-state index contributed by atoms with van der Waals surface area (Å²) in [6.07, 6.45) is 0. The fraction of sp³-hybridized carbons (Fsp3) is 0.333. The molecule has 0 amide bonds. The second-order valence-corrected chi connectivity index (χ2v) is 2.91. The summed E-state index contributed by atoms with van der Waals surface area (Å²) in [4.78, 5) is 9.83. The van der Waals surface area contributed by atoms with Gasteiger partial charge >= 0.3 is 5.69 Å². The number of aliphatic hydroxyl groups excluding tert-OH is 1. The quantitative estimate of drug-likeness (QED) is 0.585. The van der Waals surface area contributed by atoms with Gasteiger partial charge in [0.25, 0.3) is 0 Å². The van der Waals surface area contributed by atoms with Crippen molar-refractivity contribution in [2.75, 3.05) is 25.6 Å². The van der Waals surface area contributed by atoms with Crippen molar-refractivity contribution in [1.29, 1.82) is 0 Å². The summed E-state index contributed by atoms with van der Waals surface area (Å²) < 4.78 is 18.1. The minimum atomic E-state index is -0.763. The molecule has 88 valence electrons. The summed E-state index contributed by atoms with van der Waals surface area (Å²) in [5, 5.41) is 21.7. The monoisotopic (exact) mass is 230 g/mol. The van der Waals surface area contributed by atoms with Crippen molar-refractivity contribution >= 4 is 11.4 Å². The molecule has 0 bridgehead atoms. The fourth-order valence-corrected chi connectivity index (χ4v) is 1.18. The van der Waals surface area contributed by atoms with E-state index in [2.05, 4.69) is 5.32 Å². The van der Waals surface area contributed by atoms with Gasteiger partial charge in [0.1, 0.15) is 0 Å². The van der Waals surface area contributed by atoms with E-state index in [9.17, 15) is 14.5 Å². The van der Waals surface area contributed by atoms with E-state index in [1.54, 1.807) is 0 Å². The SMILES string of the molecule is COc1cc(NCCO)c(F)cc1[N+](=O)[O-]. The van der Waals surface area contributed by atoms with Crippen molar-refractivity contribution in [3.8, 4) is 5.75 Å². The summed E-state index contributed by atoms with van der Waals surface area (Å²) in [7, 11) is 1.26. The molecule has 7 heteroatoms. The van der Waals surface area contributed by atoms with Crippen molar-refractivity contribution in [3.63, 3.8) is 0 Å². The van der Waals surface area contributed by atoms with Crippen LogP contribution >= 0.6 is 0 Å². The van der Waals surface area contributed by atoms with Crippen molar-refractivity contribution in [2.24, 2.45) is 0 Å². The Morgan fingerprint density at radius 1 is 1.62 bits per heavy atom. The van der Waals surface area contributed by atoms with Gasteiger partial charge < -0.3 is 15.2 Å². The smallest absolute Gasteiger partial charge is 0.313 e. The molecule has 16 heavy (non-hydrogen) atoms. The van der Waals surface area contributed by atoms with Gasteiger partial charge in [-0.25, -0.2) is 4.39 Å². The fourth-order valence-electron chi connectivity index (χ4n) is 1.18. The molecule has 0 aliphatic heterocycles. The number of aliphatic hydroxyl groups is 1. The first-order valence-electron chi connectivity index (χ1n) is 4.46. The third-order valence-corrected chi connectivity index (χ3v) is 1.89. The Labute approximate surface area is 90.8 Å². The topological polar surface area (TPSA) is 84.6 Å². The van der Waals surface area contributed by atoms with Gasteiger partial charge in [-0.2, -0.15) is 0 Å². The van der Waals surface area contributed by atoms with Gasteiger partial charge in [-0.05, 0) is 0 Å². The third kappa shape index (κ3) is 2.57. The number of rotatable bonds is 5. The van der Waals surface area contributed by atoms with Gasteiger partial charge in [0.15, 0.2) is 11.6 Å². The third-order valence-electron chi connectivity index (χ3n) is 1.89. The molecular formula is C9H11FN2O4. The number of nitro benzene ring substituents is 1. The van der Waals surface area contributed by atoms with Crippen molar-refractivity contribution in [2.45, 2.75) is 0 Å². The second-order valence-electron chi connectivity index (χ2n) is 2.91. The molecule has 0 aliphatic rings. The summed E-state index contributed by atoms with van der Waals surface area (Å²) in [6.45, 7) is -0.0172. The number of halogens is 1. The highest BCUT2D eigenvalue weighted by Crippen LogP contribution is 2.31. The highest BCUT2D eigenvalue weighted by molar-refractivity contribution is 5.59. The number of benzene rings is 1. The largest absolute Gasteiger partial charge is 0.490 e. The zero-order valence-corrected chi connectivity index (χ0v) is 8.57. The van der Waals surface area contributed by atoms with Crippen LogP contribution in [0.15, 0.2) is 12.1 Å². The van der Waals surface area contributed by atoms with E-state index in [4.69, 9.17) is 9.84 Å². The maximum Gasteiger partial charge on any atom is 0.313 e. The van der Waals surface area contributed by atoms with Crippen LogP contribution in [0.25, 0.3) is 0 Å². The van der Waals surface area contributed by atoms with Crippen LogP contribution in [-0.2, 0) is 0 Å². The Morgan fingerprint density at radius 3 is 2.81 bits per heavy atom. The molecule has 0 spiro atoms. The number of hydrogen-bond donors (Lipinski definition) is 2. The Kier molecular flexibility index (Phi) is 4.01. The van der Waals surface area contributed by atoms with Crippen molar-refractivity contribution in [3.05, 3.63) is 28.1 Å². The maximum atomic E-state index is 13.3. The molecule has 0 atom stereocenters. The Hall–Kier alpha value is -1.89. The number of anilines is 1. The zero-order valence-electron chi connectivity index (χ0n) is 8.57. The zero-order chi connectivity index (χ0) is 12.1. The van der Waals surface area contributed by atoms with E-state index >= 15 is 0 Å². The van der Waals surface area contributed by atoms with Crippen molar-refractivity contribution in [1.82, 2.24) is 0 Å². The minimum absolute atomic E-state index is 0.0353. The summed E-state index contributed by atoms with van der Waals surface area (Å²) >= 11 is 0. The maximum absolute atomic E-state index is 13.3. The molecule has 1 rings (SSSR count). The lowest BCUT2D eigenvalue weighted by molar-refractivity contribution is -0.385. The van der Waals surface area contributed by atoms with E-state index < -0.39 is 16.4 Å². The van der Waals surface area contributed by atoms with Gasteiger partial charge in [-0.15, -0.1) is 0 Å². The molecule has 0 unspecified atom stereocenters. The Bertz CT molecular complexity index is 397. The number of nitrogens with one attached hydrogen (secondary N) is 1. The molecule has 0 saturated carbocycles. The van der Waals surface area contributed by atoms with E-state index in [-0.39, 0.29) is 24.6 Å². The van der Waals surface area contributed by atoms with E-state index in [1.165, 1.54) is 13.2 Å². The minimum Gasteiger partial charge on any atom is -0.490 e. The molecule has 6 nitrogen and oxygen atoms in total. The molecule has 0 heterocycles. The van der Waals surface area contributed by atoms with Crippen LogP contribution in [-0.4, -0.2) is 30.3 Å². The number of nitro groups is 1. The van der Waals surface area contributed by atoms with Crippen LogP contribution in [0.1, 0.15) is 0 Å². The van der Waals surface area contributed by atoms with Gasteiger partial charge in [0.05, 0.1) is 30.4 Å². The van der Waals surface area contributed by atoms with Crippen LogP contribution in [0, 0.1) is 15.9 Å². The highest BCUT2D eigenvalue weighted by atomic mass is 19.1. The number of hydrogen-bond acceptors (Lipinski definition) is 5. The summed E-state index contributed by atoms with van der Waals surface area (Å²) in [6, 6.07) is 1.96. The first-order valence-corrected chi connectivity index (χ1v) is 4.46. The standard InChI is InChI=1S/C9H11FN2O4/c1-16-9-5-7(11-2-3-13)6(10)4-8(9)12(14)15/h4-5,11,13H,2-3H2,1H3. The summed E-state index contributed by atoms with van der Waals surface area (Å²) in [5.41, 5.74) is -0.383. The van der Waals surface area contributed by atoms with Crippen LogP contribution < -0.4 is 10.1 Å². The molecule has 2 N–H and O–H groups in total. The average molecular weight is 230 g/mol. The first-order chi connectivity index (χ1) is 7.60. The van der Waals surface area contributed by atoms with Gasteiger partial charge in [-0.1, -0.05) is 0 Å². The molecule has 0 radical (unpaired) electrons. The Morgan fingerprint density at radius 2 is 2.31 bits per heavy atom. The predicted molar refractivity (Wildman–Crippen MR) is 55.2 cm³/mol. The molecule has 1 aromatic rings. The van der Waals surface area contributed by atoms with E-state index in [1.807, 2.05) is 0 Å². The number of methoxy groups -OCH3 is 1. The van der Waals surface area contributed by atoms with E-state index in [0.717, 1.165) is 6.07 Å². The van der Waals surface area contributed by atoms with Gasteiger partial charge in [0.2, 0.25) is 0 Å². The lowest BCUT2D eigenvalue weighted by Crippen LogP contribution is -2.07. The van der Waals surface area contributed by atoms with Gasteiger partial charge in [-0.3, -0.25) is 10.1 Å². The van der Waals surface area contributed by atoms with Crippen LogP contribution in [0.4, 0.5) is 15.8 Å². The number of nitrogens with zero attached hydrogens (tertiary/aromatic N) is 1. The van der Waals surface area contributed by atoms with Gasteiger partial charge in [0, 0.05) is 12.6 Å². The second kappa shape index (κ2) is 5.26. The lowest BCUT2D eigenvalue weighted by Gasteiger charge is -2.08. The predicted octanol–water partition coefficient (Wildman–Crippen LogP) is 1.15. The first kappa shape index (κ1) is 12.2. The molecule has 0 aromatic heterocycles. The molecular weight excluding hydrogens is 219 g/mol. The summed E-state index contributed by atoms with van der Waals surface area (Å²) in [5.74, 6) is -0.798. The average Bonchev–Trinajstić information content (AvgIpc) is 2.26.